The summed E-state index contributed by atoms with van der Waals surface area (Å²) >= 11 is 1.71. The number of benzene rings is 2. The van der Waals surface area contributed by atoms with Crippen LogP contribution in [0.25, 0.3) is 0 Å². The minimum absolute atomic E-state index is 0.104. The number of aryl methyl sites for hydroxylation is 1. The van der Waals surface area contributed by atoms with Crippen LogP contribution in [0.3, 0.4) is 0 Å². The summed E-state index contributed by atoms with van der Waals surface area (Å²) in [6.45, 7) is 2.61. The third-order valence-electron chi connectivity index (χ3n) is 3.23. The van der Waals surface area contributed by atoms with Crippen molar-refractivity contribution < 1.29 is 4.79 Å². The second-order valence-corrected chi connectivity index (χ2v) is 5.88. The molecule has 0 aromatic heterocycles. The zero-order chi connectivity index (χ0) is 15.2. The fourth-order valence-corrected chi connectivity index (χ4v) is 2.34. The zero-order valence-corrected chi connectivity index (χ0v) is 13.4. The van der Waals surface area contributed by atoms with E-state index in [0.29, 0.717) is 6.54 Å². The van der Waals surface area contributed by atoms with Gasteiger partial charge in [0.15, 0.2) is 0 Å². The molecule has 0 saturated heterocycles. The maximum Gasteiger partial charge on any atom is 0.321 e. The summed E-state index contributed by atoms with van der Waals surface area (Å²) in [6, 6.07) is 15.9. The van der Waals surface area contributed by atoms with E-state index in [1.807, 2.05) is 31.2 Å². The van der Waals surface area contributed by atoms with E-state index in [-0.39, 0.29) is 6.03 Å². The molecule has 2 aromatic rings. The Hall–Kier alpha value is -1.94. The normalized spacial score (nSPS) is 10.2. The number of carbonyl (C=O) groups is 1. The van der Waals surface area contributed by atoms with Gasteiger partial charge in [-0.25, -0.2) is 4.79 Å². The summed E-state index contributed by atoms with van der Waals surface area (Å²) in [4.78, 5) is 15.0. The van der Waals surface area contributed by atoms with Crippen LogP contribution in [-0.2, 0) is 6.54 Å². The van der Waals surface area contributed by atoms with Crippen molar-refractivity contribution >= 4 is 23.5 Å². The van der Waals surface area contributed by atoms with E-state index in [1.165, 1.54) is 10.5 Å². The molecule has 2 amide bonds. The molecule has 0 aliphatic heterocycles. The molecule has 1 N–H and O–H groups in total. The third-order valence-corrected chi connectivity index (χ3v) is 3.97. The number of thioether (sulfide) groups is 1. The lowest BCUT2D eigenvalue weighted by Crippen LogP contribution is -2.30. The van der Waals surface area contributed by atoms with Crippen molar-refractivity contribution in [2.45, 2.75) is 18.4 Å². The number of urea groups is 1. The first kappa shape index (κ1) is 15.4. The summed E-state index contributed by atoms with van der Waals surface area (Å²) in [5.41, 5.74) is 3.11. The van der Waals surface area contributed by atoms with Crippen molar-refractivity contribution in [3.63, 3.8) is 0 Å². The Balaban J connectivity index is 1.93. The second kappa shape index (κ2) is 7.18. The molecule has 3 nitrogen and oxygen atoms in total. The van der Waals surface area contributed by atoms with Crippen LogP contribution in [0.4, 0.5) is 10.5 Å². The molecular weight excluding hydrogens is 280 g/mol. The molecule has 0 fully saturated rings. The van der Waals surface area contributed by atoms with E-state index in [1.54, 1.807) is 23.7 Å². The Labute approximate surface area is 130 Å². The highest BCUT2D eigenvalue weighted by molar-refractivity contribution is 7.98. The van der Waals surface area contributed by atoms with Crippen LogP contribution in [0.5, 0.6) is 0 Å². The number of hydrogen-bond acceptors (Lipinski definition) is 2. The summed E-state index contributed by atoms with van der Waals surface area (Å²) in [5, 5.41) is 2.89. The predicted octanol–water partition coefficient (Wildman–Crippen LogP) is 4.38. The van der Waals surface area contributed by atoms with E-state index < -0.39 is 0 Å². The van der Waals surface area contributed by atoms with Crippen molar-refractivity contribution in [2.24, 2.45) is 0 Å². The lowest BCUT2D eigenvalue weighted by atomic mass is 10.2. The molecule has 0 radical (unpaired) electrons. The highest BCUT2D eigenvalue weighted by Gasteiger charge is 2.09. The van der Waals surface area contributed by atoms with Crippen LogP contribution >= 0.6 is 11.8 Å². The predicted molar refractivity (Wildman–Crippen MR) is 89.9 cm³/mol. The van der Waals surface area contributed by atoms with Crippen molar-refractivity contribution in [3.8, 4) is 0 Å². The molecule has 0 saturated carbocycles. The minimum atomic E-state index is -0.104. The van der Waals surface area contributed by atoms with E-state index in [9.17, 15) is 4.79 Å². The molecular formula is C17H20N2OS. The van der Waals surface area contributed by atoms with Gasteiger partial charge in [0.05, 0.1) is 0 Å². The maximum absolute atomic E-state index is 12.1. The van der Waals surface area contributed by atoms with Crippen molar-refractivity contribution in [3.05, 3.63) is 59.7 Å². The van der Waals surface area contributed by atoms with Gasteiger partial charge in [-0.15, -0.1) is 11.8 Å². The first-order chi connectivity index (χ1) is 10.1. The number of nitrogens with one attached hydrogen (secondary N) is 1. The standard InChI is InChI=1S/C17H20N2OS/c1-13-4-8-15(9-5-13)18-17(20)19(2)12-14-6-10-16(21-3)11-7-14/h4-11H,12H2,1-3H3,(H,18,20). The number of hydrogen-bond donors (Lipinski definition) is 1. The topological polar surface area (TPSA) is 32.3 Å². The van der Waals surface area contributed by atoms with Gasteiger partial charge in [0, 0.05) is 24.2 Å². The van der Waals surface area contributed by atoms with E-state index >= 15 is 0 Å². The van der Waals surface area contributed by atoms with Gasteiger partial charge in [-0.2, -0.15) is 0 Å². The smallest absolute Gasteiger partial charge is 0.321 e. The second-order valence-electron chi connectivity index (χ2n) is 5.00. The molecule has 0 atom stereocenters. The van der Waals surface area contributed by atoms with Gasteiger partial charge in [0.1, 0.15) is 0 Å². The first-order valence-corrected chi connectivity index (χ1v) is 8.02. The Kier molecular flexibility index (Phi) is 5.28. The number of nitrogens with zero attached hydrogens (tertiary/aromatic N) is 1. The number of carbonyl (C=O) groups excluding carboxylic acids is 1. The van der Waals surface area contributed by atoms with Crippen LogP contribution in [0.1, 0.15) is 11.1 Å². The minimum Gasteiger partial charge on any atom is -0.323 e. The highest BCUT2D eigenvalue weighted by Crippen LogP contribution is 2.16. The Morgan fingerprint density at radius 1 is 1.10 bits per heavy atom. The number of rotatable bonds is 4. The fraction of sp³-hybridized carbons (Fsp3) is 0.235. The molecule has 4 heteroatoms. The molecule has 0 unspecified atom stereocenters. The van der Waals surface area contributed by atoms with Gasteiger partial charge >= 0.3 is 6.03 Å². The zero-order valence-electron chi connectivity index (χ0n) is 12.6. The molecule has 0 heterocycles. The molecule has 2 aromatic carbocycles. The molecule has 21 heavy (non-hydrogen) atoms. The number of amides is 2. The molecule has 0 aliphatic rings. The lowest BCUT2D eigenvalue weighted by molar-refractivity contribution is 0.220. The molecule has 110 valence electrons. The van der Waals surface area contributed by atoms with E-state index in [2.05, 4.69) is 35.8 Å². The molecule has 2 rings (SSSR count). The lowest BCUT2D eigenvalue weighted by Gasteiger charge is -2.18. The average molecular weight is 300 g/mol. The SMILES string of the molecule is CSc1ccc(CN(C)C(=O)Nc2ccc(C)cc2)cc1. The first-order valence-electron chi connectivity index (χ1n) is 6.80. The fourth-order valence-electron chi connectivity index (χ4n) is 1.93. The quantitative estimate of drug-likeness (QED) is 0.850. The van der Waals surface area contributed by atoms with Crippen LogP contribution in [0.15, 0.2) is 53.4 Å². The summed E-state index contributed by atoms with van der Waals surface area (Å²) < 4.78 is 0. The van der Waals surface area contributed by atoms with Crippen LogP contribution in [-0.4, -0.2) is 24.2 Å². The molecule has 0 bridgehead atoms. The van der Waals surface area contributed by atoms with Gasteiger partial charge in [-0.05, 0) is 43.0 Å². The van der Waals surface area contributed by atoms with Crippen LogP contribution in [0.2, 0.25) is 0 Å². The van der Waals surface area contributed by atoms with Gasteiger partial charge in [0.25, 0.3) is 0 Å². The maximum atomic E-state index is 12.1. The Morgan fingerprint density at radius 2 is 1.71 bits per heavy atom. The average Bonchev–Trinajstić information content (AvgIpc) is 2.50. The van der Waals surface area contributed by atoms with Gasteiger partial charge in [0.2, 0.25) is 0 Å². The van der Waals surface area contributed by atoms with Gasteiger partial charge in [-0.1, -0.05) is 29.8 Å². The van der Waals surface area contributed by atoms with Gasteiger partial charge in [-0.3, -0.25) is 0 Å². The van der Waals surface area contributed by atoms with Crippen molar-refractivity contribution in [1.29, 1.82) is 0 Å². The number of anilines is 1. The molecule has 0 aliphatic carbocycles. The summed E-state index contributed by atoms with van der Waals surface area (Å²) in [6.07, 6.45) is 2.05. The monoisotopic (exact) mass is 300 g/mol. The third kappa shape index (κ3) is 4.53. The Bertz CT molecular complexity index is 593. The summed E-state index contributed by atoms with van der Waals surface area (Å²) in [5.74, 6) is 0. The van der Waals surface area contributed by atoms with Crippen molar-refractivity contribution in [1.82, 2.24) is 4.90 Å². The van der Waals surface area contributed by atoms with E-state index in [0.717, 1.165) is 11.3 Å². The van der Waals surface area contributed by atoms with Crippen LogP contribution < -0.4 is 5.32 Å². The largest absolute Gasteiger partial charge is 0.323 e. The highest BCUT2D eigenvalue weighted by atomic mass is 32.2. The van der Waals surface area contributed by atoms with E-state index in [4.69, 9.17) is 0 Å². The van der Waals surface area contributed by atoms with Crippen LogP contribution in [0, 0.1) is 6.92 Å². The summed E-state index contributed by atoms with van der Waals surface area (Å²) in [7, 11) is 1.80. The Morgan fingerprint density at radius 3 is 2.29 bits per heavy atom. The van der Waals surface area contributed by atoms with Gasteiger partial charge < -0.3 is 10.2 Å². The molecule has 0 spiro atoms. The van der Waals surface area contributed by atoms with Crippen molar-refractivity contribution in [2.75, 3.05) is 18.6 Å².